The van der Waals surface area contributed by atoms with Crippen molar-refractivity contribution >= 4 is 71.6 Å². The lowest BCUT2D eigenvalue weighted by molar-refractivity contribution is 0.00319. The molecule has 0 aliphatic carbocycles. The lowest BCUT2D eigenvalue weighted by atomic mass is 10.3. The summed E-state index contributed by atoms with van der Waals surface area (Å²) in [6.07, 6.45) is 1.31. The average Bonchev–Trinajstić information content (AvgIpc) is 3.01. The van der Waals surface area contributed by atoms with E-state index in [-0.39, 0.29) is 18.3 Å². The van der Waals surface area contributed by atoms with Crippen molar-refractivity contribution in [2.24, 2.45) is 0 Å². The van der Waals surface area contributed by atoms with E-state index in [0.717, 1.165) is 28.1 Å². The molecule has 0 radical (unpaired) electrons. The Morgan fingerprint density at radius 1 is 0.931 bits per heavy atom. The summed E-state index contributed by atoms with van der Waals surface area (Å²) in [5.41, 5.74) is 1.08. The summed E-state index contributed by atoms with van der Waals surface area (Å²) in [7, 11) is 4.52. The number of benzene rings is 1. The van der Waals surface area contributed by atoms with Crippen LogP contribution in [0, 0.1) is 0 Å². The minimum Gasteiger partial charge on any atom is -0.371 e. The van der Waals surface area contributed by atoms with Crippen molar-refractivity contribution in [3.63, 3.8) is 0 Å². The standard InChI is InChI=1S/C19H31NO3S5Si/c1-14(2)21-29(22-15(3)4,23-16(5)6)13-9-12-24-27-28-26-19-20-17-10-7-8-11-18(17)25-19/h7-8,10-11,14-16H,9,12-13H2,1-6H3. The van der Waals surface area contributed by atoms with Crippen molar-refractivity contribution in [1.82, 2.24) is 4.98 Å². The van der Waals surface area contributed by atoms with E-state index in [2.05, 4.69) is 64.7 Å². The molecule has 0 spiro atoms. The van der Waals surface area contributed by atoms with E-state index in [1.807, 2.05) is 16.9 Å². The predicted molar refractivity (Wildman–Crippen MR) is 137 cm³/mol. The molecule has 0 N–H and O–H groups in total. The van der Waals surface area contributed by atoms with Crippen molar-refractivity contribution in [3.05, 3.63) is 24.3 Å². The molecule has 164 valence electrons. The molecule has 0 amide bonds. The van der Waals surface area contributed by atoms with Gasteiger partial charge in [-0.25, -0.2) is 4.98 Å². The minimum atomic E-state index is -2.67. The summed E-state index contributed by atoms with van der Waals surface area (Å²) in [6.45, 7) is 12.3. The van der Waals surface area contributed by atoms with Gasteiger partial charge in [0.15, 0.2) is 4.34 Å². The van der Waals surface area contributed by atoms with Gasteiger partial charge in [-0.3, -0.25) is 0 Å². The van der Waals surface area contributed by atoms with Crippen LogP contribution in [0.4, 0.5) is 0 Å². The quantitative estimate of drug-likeness (QED) is 0.144. The molecule has 0 aliphatic heterocycles. The monoisotopic (exact) mass is 509 g/mol. The molecule has 1 heterocycles. The molecule has 1 aromatic heterocycles. The van der Waals surface area contributed by atoms with E-state index in [0.29, 0.717) is 0 Å². The van der Waals surface area contributed by atoms with Gasteiger partial charge in [0.1, 0.15) is 0 Å². The first-order valence-corrected chi connectivity index (χ1v) is 17.5. The van der Waals surface area contributed by atoms with Gasteiger partial charge in [-0.2, -0.15) is 0 Å². The Kier molecular flexibility index (Phi) is 11.8. The lowest BCUT2D eigenvalue weighted by Crippen LogP contribution is -2.50. The van der Waals surface area contributed by atoms with E-state index >= 15 is 0 Å². The number of fused-ring (bicyclic) bond motifs is 1. The zero-order chi connectivity index (χ0) is 21.3. The van der Waals surface area contributed by atoms with Gasteiger partial charge in [0.25, 0.3) is 0 Å². The Balaban J connectivity index is 1.73. The smallest absolute Gasteiger partial charge is 0.371 e. The van der Waals surface area contributed by atoms with E-state index < -0.39 is 8.80 Å². The van der Waals surface area contributed by atoms with Gasteiger partial charge in [-0.15, -0.1) is 11.3 Å². The molecule has 0 atom stereocenters. The van der Waals surface area contributed by atoms with Crippen molar-refractivity contribution in [3.8, 4) is 0 Å². The highest BCUT2D eigenvalue weighted by Crippen LogP contribution is 2.48. The molecule has 0 saturated heterocycles. The number of rotatable bonds is 14. The molecule has 0 saturated carbocycles. The van der Waals surface area contributed by atoms with Crippen LogP contribution in [0.15, 0.2) is 28.6 Å². The molecule has 0 fully saturated rings. The normalized spacial score (nSPS) is 12.7. The highest BCUT2D eigenvalue weighted by molar-refractivity contribution is 9.26. The zero-order valence-electron chi connectivity index (χ0n) is 17.9. The fourth-order valence-corrected chi connectivity index (χ4v) is 13.6. The van der Waals surface area contributed by atoms with Gasteiger partial charge in [0.2, 0.25) is 0 Å². The van der Waals surface area contributed by atoms with E-state index in [1.54, 1.807) is 41.8 Å². The first-order chi connectivity index (χ1) is 13.8. The van der Waals surface area contributed by atoms with E-state index in [9.17, 15) is 0 Å². The average molecular weight is 510 g/mol. The summed E-state index contributed by atoms with van der Waals surface area (Å²) in [5.74, 6) is 1.04. The fourth-order valence-electron chi connectivity index (χ4n) is 2.67. The summed E-state index contributed by atoms with van der Waals surface area (Å²) in [4.78, 5) is 4.66. The minimum absolute atomic E-state index is 0.0990. The molecule has 4 nitrogen and oxygen atoms in total. The maximum absolute atomic E-state index is 6.24. The van der Waals surface area contributed by atoms with Crippen LogP contribution in [0.5, 0.6) is 0 Å². The van der Waals surface area contributed by atoms with Crippen LogP contribution in [0.25, 0.3) is 10.2 Å². The van der Waals surface area contributed by atoms with Gasteiger partial charge >= 0.3 is 8.80 Å². The SMILES string of the molecule is CC(C)O[Si](CCCSSSSc1nc2ccccc2s1)(OC(C)C)OC(C)C. The van der Waals surface area contributed by atoms with Crippen LogP contribution in [0.3, 0.4) is 0 Å². The molecule has 2 rings (SSSR count). The molecule has 29 heavy (non-hydrogen) atoms. The van der Waals surface area contributed by atoms with Gasteiger partial charge in [-0.05, 0) is 90.5 Å². The highest BCUT2D eigenvalue weighted by atomic mass is 33.7. The van der Waals surface area contributed by atoms with Crippen LogP contribution in [-0.4, -0.2) is 37.9 Å². The molecule has 0 unspecified atom stereocenters. The predicted octanol–water partition coefficient (Wildman–Crippen LogP) is 7.94. The Bertz CT molecular complexity index is 669. The molecular weight excluding hydrogens is 479 g/mol. The first kappa shape index (κ1) is 25.9. The van der Waals surface area contributed by atoms with Crippen LogP contribution >= 0.6 is 52.6 Å². The third-order valence-corrected chi connectivity index (χ3v) is 14.5. The second-order valence-electron chi connectivity index (χ2n) is 7.28. The van der Waals surface area contributed by atoms with Gasteiger partial charge in [0, 0.05) is 30.1 Å². The number of thiazole rings is 1. The second-order valence-corrected chi connectivity index (χ2v) is 17.1. The molecule has 1 aromatic carbocycles. The van der Waals surface area contributed by atoms with E-state index in [4.69, 9.17) is 13.3 Å². The number of para-hydroxylation sites is 1. The van der Waals surface area contributed by atoms with Gasteiger partial charge < -0.3 is 13.3 Å². The van der Waals surface area contributed by atoms with Crippen molar-refractivity contribution in [2.45, 2.75) is 76.7 Å². The maximum Gasteiger partial charge on any atom is 0.501 e. The number of aromatic nitrogens is 1. The Hall–Kier alpha value is 0.607. The zero-order valence-corrected chi connectivity index (χ0v) is 23.0. The van der Waals surface area contributed by atoms with Crippen LogP contribution in [-0.2, 0) is 13.3 Å². The van der Waals surface area contributed by atoms with Crippen molar-refractivity contribution in [1.29, 1.82) is 0 Å². The van der Waals surface area contributed by atoms with Gasteiger partial charge in [-0.1, -0.05) is 22.9 Å². The largest absolute Gasteiger partial charge is 0.501 e. The summed E-state index contributed by atoms with van der Waals surface area (Å²) >= 11 is 1.75. The molecule has 0 bridgehead atoms. The third kappa shape index (κ3) is 9.74. The van der Waals surface area contributed by atoms with Crippen molar-refractivity contribution < 1.29 is 13.3 Å². The van der Waals surface area contributed by atoms with E-state index in [1.165, 1.54) is 4.70 Å². The Labute approximate surface area is 195 Å². The van der Waals surface area contributed by atoms with Crippen LogP contribution in [0.2, 0.25) is 6.04 Å². The number of hydrogen-bond acceptors (Lipinski definition) is 9. The first-order valence-electron chi connectivity index (χ1n) is 9.81. The maximum atomic E-state index is 6.24. The highest BCUT2D eigenvalue weighted by Gasteiger charge is 2.43. The fraction of sp³-hybridized carbons (Fsp3) is 0.632. The number of hydrogen-bond donors (Lipinski definition) is 0. The van der Waals surface area contributed by atoms with Crippen LogP contribution < -0.4 is 0 Å². The molecular formula is C19H31NO3S5Si. The summed E-state index contributed by atoms with van der Waals surface area (Å²) in [5, 5.41) is 0. The Morgan fingerprint density at radius 3 is 2.14 bits per heavy atom. The summed E-state index contributed by atoms with van der Waals surface area (Å²) in [6, 6.07) is 9.14. The molecule has 0 aliphatic rings. The Morgan fingerprint density at radius 2 is 1.55 bits per heavy atom. The third-order valence-electron chi connectivity index (χ3n) is 3.41. The second kappa shape index (κ2) is 13.2. The lowest BCUT2D eigenvalue weighted by Gasteiger charge is -2.34. The molecule has 10 heteroatoms. The van der Waals surface area contributed by atoms with Crippen molar-refractivity contribution in [2.75, 3.05) is 5.75 Å². The number of nitrogens with zero attached hydrogens (tertiary/aromatic N) is 1. The topological polar surface area (TPSA) is 40.6 Å². The van der Waals surface area contributed by atoms with Crippen LogP contribution in [0.1, 0.15) is 48.0 Å². The summed E-state index contributed by atoms with van der Waals surface area (Å²) < 4.78 is 21.1. The van der Waals surface area contributed by atoms with Gasteiger partial charge in [0.05, 0.1) is 10.2 Å². The molecule has 2 aromatic rings.